The molecule has 1 aromatic heterocycles. The summed E-state index contributed by atoms with van der Waals surface area (Å²) in [5.41, 5.74) is 2.68. The number of rotatable bonds is 3. The molecule has 0 aliphatic carbocycles. The lowest BCUT2D eigenvalue weighted by Gasteiger charge is -1.98. The fraction of sp³-hybridized carbons (Fsp3) is 0. The minimum absolute atomic E-state index is 0.107. The van der Waals surface area contributed by atoms with E-state index in [2.05, 4.69) is 18.3 Å². The smallest absolute Gasteiger partial charge is 0.279 e. The third kappa shape index (κ3) is 2.56. The second-order valence-electron chi connectivity index (χ2n) is 5.00. The van der Waals surface area contributed by atoms with Crippen LogP contribution in [0.4, 0.5) is 0 Å². The van der Waals surface area contributed by atoms with E-state index in [4.69, 9.17) is 0 Å². The quantitative estimate of drug-likeness (QED) is 0.787. The Bertz CT molecular complexity index is 961. The molecule has 0 amide bonds. The van der Waals surface area contributed by atoms with Gasteiger partial charge in [0.05, 0.1) is 16.3 Å². The minimum Gasteiger partial charge on any atom is -0.291 e. The summed E-state index contributed by atoms with van der Waals surface area (Å²) in [4.78, 5) is 12.6. The van der Waals surface area contributed by atoms with Gasteiger partial charge >= 0.3 is 0 Å². The molecular weight excluding hydrogens is 272 g/mol. The maximum Gasteiger partial charge on any atom is 0.279 e. The van der Waals surface area contributed by atoms with Crippen LogP contribution in [0.1, 0.15) is 11.1 Å². The summed E-state index contributed by atoms with van der Waals surface area (Å²) in [6, 6.07) is 17.3. The third-order valence-electron chi connectivity index (χ3n) is 3.50. The molecule has 108 valence electrons. The van der Waals surface area contributed by atoms with Crippen LogP contribution in [0.15, 0.2) is 66.0 Å². The predicted molar refractivity (Wildman–Crippen MR) is 91.3 cm³/mol. The first kappa shape index (κ1) is 13.9. The highest BCUT2D eigenvalue weighted by atomic mass is 16.1. The van der Waals surface area contributed by atoms with Crippen molar-refractivity contribution in [3.63, 3.8) is 0 Å². The molecule has 0 saturated carbocycles. The predicted octanol–water partition coefficient (Wildman–Crippen LogP) is 2.05. The van der Waals surface area contributed by atoms with Crippen molar-refractivity contribution in [2.45, 2.75) is 0 Å². The molecule has 0 unspecified atom stereocenters. The van der Waals surface area contributed by atoms with Crippen LogP contribution in [0, 0.1) is 0 Å². The van der Waals surface area contributed by atoms with Crippen LogP contribution in [-0.4, -0.2) is 9.78 Å². The fourth-order valence-corrected chi connectivity index (χ4v) is 2.30. The van der Waals surface area contributed by atoms with Crippen molar-refractivity contribution in [2.24, 2.45) is 0 Å². The lowest BCUT2D eigenvalue weighted by molar-refractivity contribution is 0.838. The van der Waals surface area contributed by atoms with Gasteiger partial charge in [0.1, 0.15) is 0 Å². The average Bonchev–Trinajstić information content (AvgIpc) is 2.84. The van der Waals surface area contributed by atoms with E-state index in [0.29, 0.717) is 10.6 Å². The number of para-hydroxylation sites is 1. The second-order valence-corrected chi connectivity index (χ2v) is 5.00. The molecule has 3 rings (SSSR count). The van der Waals surface area contributed by atoms with Crippen molar-refractivity contribution >= 4 is 18.7 Å². The summed E-state index contributed by atoms with van der Waals surface area (Å²) in [5, 5.41) is 4.18. The molecule has 0 bridgehead atoms. The molecule has 0 atom stereocenters. The molecule has 3 nitrogen and oxygen atoms in total. The van der Waals surface area contributed by atoms with Gasteiger partial charge in [0.15, 0.2) is 0 Å². The summed E-state index contributed by atoms with van der Waals surface area (Å²) < 4.78 is 1.51. The maximum absolute atomic E-state index is 12.6. The number of hydrogen-bond donors (Lipinski definition) is 1. The number of hydrogen-bond acceptors (Lipinski definition) is 1. The SMILES string of the molecule is C=Cc1ccc(C=c2c(=C)[nH]n(-c3ccccc3)c2=O)cc1. The van der Waals surface area contributed by atoms with Gasteiger partial charge in [-0.15, -0.1) is 0 Å². The minimum atomic E-state index is -0.107. The highest BCUT2D eigenvalue weighted by Crippen LogP contribution is 2.05. The zero-order valence-corrected chi connectivity index (χ0v) is 12.1. The van der Waals surface area contributed by atoms with Crippen molar-refractivity contribution in [3.8, 4) is 5.69 Å². The first-order valence-electron chi connectivity index (χ1n) is 6.98. The lowest BCUT2D eigenvalue weighted by atomic mass is 10.1. The van der Waals surface area contributed by atoms with Crippen molar-refractivity contribution in [1.82, 2.24) is 9.78 Å². The van der Waals surface area contributed by atoms with Gasteiger partial charge in [-0.3, -0.25) is 9.89 Å². The van der Waals surface area contributed by atoms with E-state index in [1.807, 2.05) is 60.7 Å². The van der Waals surface area contributed by atoms with Crippen LogP contribution in [-0.2, 0) is 0 Å². The van der Waals surface area contributed by atoms with E-state index >= 15 is 0 Å². The van der Waals surface area contributed by atoms with E-state index in [9.17, 15) is 4.79 Å². The topological polar surface area (TPSA) is 37.8 Å². The van der Waals surface area contributed by atoms with Crippen LogP contribution in [0.5, 0.6) is 0 Å². The Morgan fingerprint density at radius 1 is 0.955 bits per heavy atom. The summed E-state index contributed by atoms with van der Waals surface area (Å²) in [5.74, 6) is 0. The summed E-state index contributed by atoms with van der Waals surface area (Å²) >= 11 is 0. The molecule has 1 N–H and O–H groups in total. The highest BCUT2D eigenvalue weighted by Gasteiger charge is 2.03. The van der Waals surface area contributed by atoms with Crippen molar-refractivity contribution in [3.05, 3.63) is 93.2 Å². The van der Waals surface area contributed by atoms with Gasteiger partial charge in [-0.1, -0.05) is 61.7 Å². The summed E-state index contributed by atoms with van der Waals surface area (Å²) in [7, 11) is 0. The van der Waals surface area contributed by atoms with Crippen LogP contribution in [0.2, 0.25) is 0 Å². The molecule has 3 heteroatoms. The molecule has 0 radical (unpaired) electrons. The zero-order chi connectivity index (χ0) is 15.5. The zero-order valence-electron chi connectivity index (χ0n) is 12.1. The molecule has 2 aromatic carbocycles. The molecule has 22 heavy (non-hydrogen) atoms. The highest BCUT2D eigenvalue weighted by molar-refractivity contribution is 5.54. The second kappa shape index (κ2) is 5.74. The number of nitrogens with zero attached hydrogens (tertiary/aromatic N) is 1. The summed E-state index contributed by atoms with van der Waals surface area (Å²) in [6.07, 6.45) is 3.63. The fourth-order valence-electron chi connectivity index (χ4n) is 2.30. The number of benzene rings is 2. The van der Waals surface area contributed by atoms with Crippen LogP contribution in [0.25, 0.3) is 24.4 Å². The first-order valence-corrected chi connectivity index (χ1v) is 6.98. The molecule has 0 aliphatic heterocycles. The van der Waals surface area contributed by atoms with Gasteiger partial charge in [-0.25, -0.2) is 4.68 Å². The molecule has 0 spiro atoms. The van der Waals surface area contributed by atoms with Crippen LogP contribution in [0.3, 0.4) is 0 Å². The van der Waals surface area contributed by atoms with Gasteiger partial charge in [0.25, 0.3) is 5.56 Å². The Balaban J connectivity index is 2.14. The molecule has 0 fully saturated rings. The molecular formula is C19H16N2O. The average molecular weight is 288 g/mol. The van der Waals surface area contributed by atoms with Gasteiger partial charge < -0.3 is 0 Å². The monoisotopic (exact) mass is 288 g/mol. The Morgan fingerprint density at radius 2 is 1.59 bits per heavy atom. The normalized spacial score (nSPS) is 11.5. The van der Waals surface area contributed by atoms with Crippen LogP contribution < -0.4 is 16.1 Å². The van der Waals surface area contributed by atoms with Crippen LogP contribution >= 0.6 is 0 Å². The van der Waals surface area contributed by atoms with Crippen molar-refractivity contribution in [1.29, 1.82) is 0 Å². The van der Waals surface area contributed by atoms with Gasteiger partial charge in [-0.05, 0) is 29.3 Å². The summed E-state index contributed by atoms with van der Waals surface area (Å²) in [6.45, 7) is 7.66. The van der Waals surface area contributed by atoms with E-state index < -0.39 is 0 Å². The third-order valence-corrected chi connectivity index (χ3v) is 3.50. The van der Waals surface area contributed by atoms with E-state index in [1.54, 1.807) is 6.08 Å². The van der Waals surface area contributed by atoms with Gasteiger partial charge in [-0.2, -0.15) is 0 Å². The molecule has 3 aromatic rings. The molecule has 1 heterocycles. The van der Waals surface area contributed by atoms with Gasteiger partial charge in [0, 0.05) is 0 Å². The number of nitrogens with one attached hydrogen (secondary N) is 1. The van der Waals surface area contributed by atoms with Crippen molar-refractivity contribution in [2.75, 3.05) is 0 Å². The van der Waals surface area contributed by atoms with Crippen molar-refractivity contribution < 1.29 is 0 Å². The molecule has 0 aliphatic rings. The largest absolute Gasteiger partial charge is 0.291 e. The molecule has 0 saturated heterocycles. The standard InChI is InChI=1S/C19H16N2O/c1-3-15-9-11-16(12-10-15)13-18-14(2)20-21(19(18)22)17-7-5-4-6-8-17/h3-13,20H,1-2H2. The maximum atomic E-state index is 12.6. The number of aromatic nitrogens is 2. The first-order chi connectivity index (χ1) is 10.7. The van der Waals surface area contributed by atoms with E-state index in [1.165, 1.54) is 4.68 Å². The Morgan fingerprint density at radius 3 is 2.23 bits per heavy atom. The number of H-pyrrole nitrogens is 1. The lowest BCUT2D eigenvalue weighted by Crippen LogP contribution is -2.33. The Hall–Kier alpha value is -3.07. The van der Waals surface area contributed by atoms with E-state index in [0.717, 1.165) is 16.8 Å². The Labute approximate surface area is 128 Å². The Kier molecular flexibility index (Phi) is 3.62. The van der Waals surface area contributed by atoms with E-state index in [-0.39, 0.29) is 5.56 Å². The van der Waals surface area contributed by atoms with Gasteiger partial charge in [0.2, 0.25) is 0 Å². The number of aromatic amines is 1.